The van der Waals surface area contributed by atoms with Crippen molar-refractivity contribution < 1.29 is 23.9 Å². The van der Waals surface area contributed by atoms with Crippen molar-refractivity contribution in [3.05, 3.63) is 24.3 Å². The third kappa shape index (κ3) is 16.3. The lowest BCUT2D eigenvalue weighted by atomic mass is 10.1. The number of hydrogen-bond acceptors (Lipinski definition) is 2. The van der Waals surface area contributed by atoms with Crippen LogP contribution in [0.2, 0.25) is 0 Å². The Morgan fingerprint density at radius 3 is 1.57 bits per heavy atom. The van der Waals surface area contributed by atoms with Gasteiger partial charge in [-0.25, -0.2) is 0 Å². The highest BCUT2D eigenvalue weighted by molar-refractivity contribution is 7.53. The summed E-state index contributed by atoms with van der Waals surface area (Å²) in [5.74, 6) is 0. The first-order chi connectivity index (χ1) is 14.0. The monoisotopic (exact) mass is 446 g/mol. The first kappa shape index (κ1) is 29.5. The molecule has 0 radical (unpaired) electrons. The molecule has 0 heterocycles. The molecule has 0 saturated heterocycles. The molecule has 0 aliphatic carbocycles. The fourth-order valence-corrected chi connectivity index (χ4v) is 4.68. The molecule has 0 aromatic heterocycles. The van der Waals surface area contributed by atoms with Crippen molar-refractivity contribution in [2.24, 2.45) is 0 Å². The van der Waals surface area contributed by atoms with E-state index in [1.54, 1.807) is 0 Å². The second-order valence-electron chi connectivity index (χ2n) is 9.65. The van der Waals surface area contributed by atoms with Crippen molar-refractivity contribution in [2.45, 2.75) is 102 Å². The van der Waals surface area contributed by atoms with Crippen LogP contribution in [0.3, 0.4) is 0 Å². The van der Waals surface area contributed by atoms with Gasteiger partial charge in [-0.15, -0.1) is 0 Å². The van der Waals surface area contributed by atoms with Crippen molar-refractivity contribution in [2.75, 3.05) is 27.7 Å². The van der Waals surface area contributed by atoms with E-state index >= 15 is 0 Å². The molecule has 6 heteroatoms. The molecule has 0 aliphatic heterocycles. The fraction of sp³-hybridized carbons (Fsp3) is 0.833. The summed E-state index contributed by atoms with van der Waals surface area (Å²) in [6.45, 7) is 2.29. The zero-order valence-electron chi connectivity index (χ0n) is 20.1. The van der Waals surface area contributed by atoms with E-state index in [0.29, 0.717) is 10.9 Å². The minimum absolute atomic E-state index is 0.0351. The molecule has 0 saturated carbocycles. The van der Waals surface area contributed by atoms with Crippen LogP contribution in [0.5, 0.6) is 0 Å². The quantitative estimate of drug-likeness (QED) is 0.0962. The molecule has 0 spiro atoms. The summed E-state index contributed by atoms with van der Waals surface area (Å²) in [5, 5.41) is 8.56. The lowest BCUT2D eigenvalue weighted by molar-refractivity contribution is -0.875. The first-order valence-electron chi connectivity index (χ1n) is 11.9. The Morgan fingerprint density at radius 1 is 0.733 bits per heavy atom. The second-order valence-corrected chi connectivity index (χ2v) is 11.6. The van der Waals surface area contributed by atoms with E-state index in [1.165, 1.54) is 51.4 Å². The van der Waals surface area contributed by atoms with E-state index in [-0.39, 0.29) is 13.0 Å². The topological polar surface area (TPSA) is 77.8 Å². The molecule has 1 unspecified atom stereocenters. The van der Waals surface area contributed by atoms with Crippen LogP contribution >= 0.6 is 7.60 Å². The molecular formula is C24H49NO4P+. The Kier molecular flexibility index (Phi) is 16.0. The van der Waals surface area contributed by atoms with Crippen LogP contribution in [0, 0.1) is 0 Å². The second kappa shape index (κ2) is 16.2. The molecule has 30 heavy (non-hydrogen) atoms. The Balaban J connectivity index is 3.80. The highest BCUT2D eigenvalue weighted by Crippen LogP contribution is 2.52. The summed E-state index contributed by atoms with van der Waals surface area (Å²) in [4.78, 5) is 19.1. The number of hydrogen-bond donors (Lipinski definition) is 3. The highest BCUT2D eigenvalue weighted by atomic mass is 31.2. The van der Waals surface area contributed by atoms with Crippen molar-refractivity contribution in [3.63, 3.8) is 0 Å². The van der Waals surface area contributed by atoms with Crippen LogP contribution in [0.1, 0.15) is 96.8 Å². The Morgan fingerprint density at radius 2 is 1.13 bits per heavy atom. The molecule has 0 rings (SSSR count). The third-order valence-electron chi connectivity index (χ3n) is 5.27. The summed E-state index contributed by atoms with van der Waals surface area (Å²) < 4.78 is 12.1. The molecule has 0 aliphatic rings. The van der Waals surface area contributed by atoms with E-state index in [9.17, 15) is 19.5 Å². The van der Waals surface area contributed by atoms with Gasteiger partial charge >= 0.3 is 7.60 Å². The van der Waals surface area contributed by atoms with Gasteiger partial charge in [-0.3, -0.25) is 4.57 Å². The average molecular weight is 447 g/mol. The zero-order valence-corrected chi connectivity index (χ0v) is 21.0. The highest BCUT2D eigenvalue weighted by Gasteiger charge is 2.48. The van der Waals surface area contributed by atoms with E-state index in [4.69, 9.17) is 0 Å². The van der Waals surface area contributed by atoms with Crippen LogP contribution in [0.25, 0.3) is 0 Å². The van der Waals surface area contributed by atoms with Gasteiger partial charge in [-0.05, 0) is 57.8 Å². The van der Waals surface area contributed by atoms with E-state index < -0.39 is 12.9 Å². The molecule has 0 aromatic carbocycles. The molecule has 0 fully saturated rings. The summed E-state index contributed by atoms with van der Waals surface area (Å²) in [6, 6.07) is 0. The van der Waals surface area contributed by atoms with Gasteiger partial charge in [0, 0.05) is 0 Å². The Labute approximate surface area is 186 Å². The van der Waals surface area contributed by atoms with E-state index in [2.05, 4.69) is 31.2 Å². The van der Waals surface area contributed by atoms with Gasteiger partial charge in [0.1, 0.15) is 6.54 Å². The zero-order chi connectivity index (χ0) is 22.9. The average Bonchev–Trinajstić information content (AvgIpc) is 2.62. The Hall–Kier alpha value is -0.450. The SMILES string of the molecule is CCCCCCCC/C=C\CCCC/C=C\CCCC(O)(C[N+](C)(C)C)P(=O)(O)O. The van der Waals surface area contributed by atoms with Crippen LogP contribution in [0.15, 0.2) is 24.3 Å². The van der Waals surface area contributed by atoms with Crippen LogP contribution in [0.4, 0.5) is 0 Å². The summed E-state index contributed by atoms with van der Waals surface area (Å²) in [6.07, 6.45) is 24.1. The maximum atomic E-state index is 11.7. The molecule has 3 N–H and O–H groups in total. The number of likely N-dealkylation sites (N-methyl/N-ethyl adjacent to an activating group) is 1. The molecule has 178 valence electrons. The van der Waals surface area contributed by atoms with Gasteiger partial charge in [0.05, 0.1) is 21.1 Å². The number of unbranched alkanes of at least 4 members (excludes halogenated alkanes) is 10. The minimum atomic E-state index is -4.57. The minimum Gasteiger partial charge on any atom is -0.373 e. The summed E-state index contributed by atoms with van der Waals surface area (Å²) in [7, 11) is 0.905. The van der Waals surface area contributed by atoms with Crippen molar-refractivity contribution in [1.29, 1.82) is 0 Å². The summed E-state index contributed by atoms with van der Waals surface area (Å²) in [5.41, 5.74) is 0. The summed E-state index contributed by atoms with van der Waals surface area (Å²) >= 11 is 0. The van der Waals surface area contributed by atoms with Gasteiger partial charge in [-0.1, -0.05) is 63.3 Å². The maximum absolute atomic E-state index is 11.7. The molecule has 0 amide bonds. The maximum Gasteiger partial charge on any atom is 0.362 e. The number of quaternary nitrogens is 1. The van der Waals surface area contributed by atoms with Crippen molar-refractivity contribution in [1.82, 2.24) is 0 Å². The Bertz CT molecular complexity index is 522. The number of nitrogens with zero attached hydrogens (tertiary/aromatic N) is 1. The van der Waals surface area contributed by atoms with E-state index in [0.717, 1.165) is 25.7 Å². The largest absolute Gasteiger partial charge is 0.373 e. The van der Waals surface area contributed by atoms with Crippen LogP contribution in [-0.2, 0) is 4.57 Å². The van der Waals surface area contributed by atoms with Gasteiger partial charge in [-0.2, -0.15) is 0 Å². The normalized spacial score (nSPS) is 15.3. The van der Waals surface area contributed by atoms with Gasteiger partial charge in [0.15, 0.2) is 0 Å². The smallest absolute Gasteiger partial charge is 0.362 e. The lowest BCUT2D eigenvalue weighted by Gasteiger charge is -2.35. The van der Waals surface area contributed by atoms with Crippen molar-refractivity contribution in [3.8, 4) is 0 Å². The van der Waals surface area contributed by atoms with Crippen molar-refractivity contribution >= 4 is 7.60 Å². The van der Waals surface area contributed by atoms with Gasteiger partial charge in [0.25, 0.3) is 0 Å². The van der Waals surface area contributed by atoms with Gasteiger partial charge < -0.3 is 19.4 Å². The van der Waals surface area contributed by atoms with E-state index in [1.807, 2.05) is 21.1 Å². The van der Waals surface area contributed by atoms with Gasteiger partial charge in [0.2, 0.25) is 5.34 Å². The molecule has 5 nitrogen and oxygen atoms in total. The lowest BCUT2D eigenvalue weighted by Crippen LogP contribution is -2.49. The predicted octanol–water partition coefficient (Wildman–Crippen LogP) is 6.15. The number of rotatable bonds is 19. The molecular weight excluding hydrogens is 397 g/mol. The molecule has 0 aromatic rings. The molecule has 0 bridgehead atoms. The number of allylic oxidation sites excluding steroid dienone is 4. The first-order valence-corrected chi connectivity index (χ1v) is 13.5. The standard InChI is InChI=1S/C24H48NO4P/c1-5-6-7-8-9-10-11-12-13-14-15-16-17-18-19-20-21-22-24(26,30(27,28)29)23-25(2,3)4/h12-13,18-19,26H,5-11,14-17,20-23H2,1-4H3,(H-,27,28,29)/p+1/b13-12-,19-18-. The third-order valence-corrected chi connectivity index (χ3v) is 6.72. The van der Waals surface area contributed by atoms with Crippen LogP contribution < -0.4 is 0 Å². The van der Waals surface area contributed by atoms with Crippen LogP contribution in [-0.4, -0.2) is 52.4 Å². The fourth-order valence-electron chi connectivity index (χ4n) is 3.62. The number of aliphatic hydroxyl groups is 1. The predicted molar refractivity (Wildman–Crippen MR) is 128 cm³/mol. The molecule has 1 atom stereocenters.